The number of hydrogen-bond acceptors (Lipinski definition) is 3. The summed E-state index contributed by atoms with van der Waals surface area (Å²) in [6, 6.07) is 6.46. The number of hydrogen-bond donors (Lipinski definition) is 1. The number of benzene rings is 1. The molecule has 2 fully saturated rings. The molecular weight excluding hydrogens is 238 g/mol. The standard InChI is InChI=1S/C16H23NO2/c1-18-15-6-5-13(12-7-9-17-10-8-12)11-16(15)19-14-3-2-4-14/h5-6,11-12,14,17H,2-4,7-10H2,1H3. The summed E-state index contributed by atoms with van der Waals surface area (Å²) in [6.07, 6.45) is 6.49. The predicted octanol–water partition coefficient (Wildman–Crippen LogP) is 3.09. The van der Waals surface area contributed by atoms with E-state index in [1.807, 2.05) is 0 Å². The van der Waals surface area contributed by atoms with Crippen LogP contribution in [0.5, 0.6) is 11.5 Å². The lowest BCUT2D eigenvalue weighted by Crippen LogP contribution is -2.27. The Bertz CT molecular complexity index is 423. The van der Waals surface area contributed by atoms with Crippen LogP contribution in [0.1, 0.15) is 43.6 Å². The first-order chi connectivity index (χ1) is 9.36. The molecule has 3 rings (SSSR count). The minimum Gasteiger partial charge on any atom is -0.493 e. The van der Waals surface area contributed by atoms with Crippen LogP contribution in [0.25, 0.3) is 0 Å². The summed E-state index contributed by atoms with van der Waals surface area (Å²) in [5.41, 5.74) is 1.40. The molecule has 0 aromatic heterocycles. The van der Waals surface area contributed by atoms with E-state index >= 15 is 0 Å². The van der Waals surface area contributed by atoms with Gasteiger partial charge in [0.1, 0.15) is 0 Å². The Hall–Kier alpha value is -1.22. The van der Waals surface area contributed by atoms with E-state index in [1.165, 1.54) is 37.7 Å². The zero-order chi connectivity index (χ0) is 13.1. The van der Waals surface area contributed by atoms with E-state index in [0.29, 0.717) is 12.0 Å². The van der Waals surface area contributed by atoms with Gasteiger partial charge in [0, 0.05) is 0 Å². The second-order valence-electron chi connectivity index (χ2n) is 5.61. The van der Waals surface area contributed by atoms with E-state index in [1.54, 1.807) is 7.11 Å². The van der Waals surface area contributed by atoms with Crippen molar-refractivity contribution >= 4 is 0 Å². The van der Waals surface area contributed by atoms with Gasteiger partial charge in [-0.15, -0.1) is 0 Å². The Morgan fingerprint density at radius 3 is 2.47 bits per heavy atom. The van der Waals surface area contributed by atoms with Gasteiger partial charge in [0.05, 0.1) is 13.2 Å². The van der Waals surface area contributed by atoms with Crippen LogP contribution in [0, 0.1) is 0 Å². The first-order valence-corrected chi connectivity index (χ1v) is 7.42. The maximum atomic E-state index is 6.06. The predicted molar refractivity (Wildman–Crippen MR) is 76.1 cm³/mol. The first-order valence-electron chi connectivity index (χ1n) is 7.42. The minimum atomic E-state index is 0.400. The molecule has 0 unspecified atom stereocenters. The fraction of sp³-hybridized carbons (Fsp3) is 0.625. The van der Waals surface area contributed by atoms with Crippen LogP contribution in [-0.2, 0) is 0 Å². The molecule has 1 aliphatic carbocycles. The molecular formula is C16H23NO2. The summed E-state index contributed by atoms with van der Waals surface area (Å²) >= 11 is 0. The number of ether oxygens (including phenoxy) is 2. The molecule has 1 saturated carbocycles. The summed E-state index contributed by atoms with van der Waals surface area (Å²) in [6.45, 7) is 2.24. The van der Waals surface area contributed by atoms with Crippen LogP contribution in [-0.4, -0.2) is 26.3 Å². The van der Waals surface area contributed by atoms with Crippen LogP contribution in [0.4, 0.5) is 0 Å². The third-order valence-electron chi connectivity index (χ3n) is 4.34. The summed E-state index contributed by atoms with van der Waals surface area (Å²) in [5, 5.41) is 3.42. The van der Waals surface area contributed by atoms with Gasteiger partial charge in [-0.1, -0.05) is 6.07 Å². The molecule has 2 aliphatic rings. The van der Waals surface area contributed by atoms with Crippen molar-refractivity contribution in [1.82, 2.24) is 5.32 Å². The zero-order valence-corrected chi connectivity index (χ0v) is 11.7. The zero-order valence-electron chi connectivity index (χ0n) is 11.7. The van der Waals surface area contributed by atoms with Crippen molar-refractivity contribution in [1.29, 1.82) is 0 Å². The van der Waals surface area contributed by atoms with Gasteiger partial charge in [-0.25, -0.2) is 0 Å². The van der Waals surface area contributed by atoms with Crippen LogP contribution < -0.4 is 14.8 Å². The Balaban J connectivity index is 1.78. The van der Waals surface area contributed by atoms with E-state index in [9.17, 15) is 0 Å². The molecule has 1 saturated heterocycles. The van der Waals surface area contributed by atoms with Crippen LogP contribution in [0.3, 0.4) is 0 Å². The van der Waals surface area contributed by atoms with E-state index in [-0.39, 0.29) is 0 Å². The third-order valence-corrected chi connectivity index (χ3v) is 4.34. The number of piperidine rings is 1. The van der Waals surface area contributed by atoms with Gasteiger partial charge in [0.25, 0.3) is 0 Å². The van der Waals surface area contributed by atoms with Crippen LogP contribution in [0.15, 0.2) is 18.2 Å². The molecule has 0 spiro atoms. The molecule has 19 heavy (non-hydrogen) atoms. The topological polar surface area (TPSA) is 30.5 Å². The number of rotatable bonds is 4. The molecule has 3 heteroatoms. The van der Waals surface area contributed by atoms with Crippen molar-refractivity contribution in [3.63, 3.8) is 0 Å². The van der Waals surface area contributed by atoms with Gasteiger partial charge < -0.3 is 14.8 Å². The molecule has 104 valence electrons. The SMILES string of the molecule is COc1ccc(C2CCNCC2)cc1OC1CCC1. The third kappa shape index (κ3) is 2.86. The Morgan fingerprint density at radius 2 is 1.84 bits per heavy atom. The Kier molecular flexibility index (Phi) is 3.92. The highest BCUT2D eigenvalue weighted by molar-refractivity contribution is 5.44. The van der Waals surface area contributed by atoms with Gasteiger partial charge in [0.2, 0.25) is 0 Å². The van der Waals surface area contributed by atoms with Gasteiger partial charge in [0.15, 0.2) is 11.5 Å². The summed E-state index contributed by atoms with van der Waals surface area (Å²) in [7, 11) is 1.72. The van der Waals surface area contributed by atoms with Crippen LogP contribution >= 0.6 is 0 Å². The second kappa shape index (κ2) is 5.83. The molecule has 3 nitrogen and oxygen atoms in total. The lowest BCUT2D eigenvalue weighted by atomic mass is 9.90. The number of nitrogens with one attached hydrogen (secondary N) is 1. The summed E-state index contributed by atoms with van der Waals surface area (Å²) in [5.74, 6) is 2.46. The highest BCUT2D eigenvalue weighted by Crippen LogP contribution is 2.36. The second-order valence-corrected chi connectivity index (χ2v) is 5.61. The molecule has 1 aromatic rings. The van der Waals surface area contributed by atoms with E-state index in [0.717, 1.165) is 24.6 Å². The lowest BCUT2D eigenvalue weighted by Gasteiger charge is -2.28. The monoisotopic (exact) mass is 261 g/mol. The Morgan fingerprint density at radius 1 is 1.05 bits per heavy atom. The average molecular weight is 261 g/mol. The van der Waals surface area contributed by atoms with Crippen molar-refractivity contribution < 1.29 is 9.47 Å². The largest absolute Gasteiger partial charge is 0.493 e. The quantitative estimate of drug-likeness (QED) is 0.903. The highest BCUT2D eigenvalue weighted by Gasteiger charge is 2.22. The Labute approximate surface area is 115 Å². The molecule has 0 amide bonds. The van der Waals surface area contributed by atoms with Crippen molar-refractivity contribution in [2.45, 2.75) is 44.1 Å². The normalized spacial score (nSPS) is 20.9. The van der Waals surface area contributed by atoms with Crippen molar-refractivity contribution in [3.05, 3.63) is 23.8 Å². The minimum absolute atomic E-state index is 0.400. The van der Waals surface area contributed by atoms with Gasteiger partial charge in [-0.3, -0.25) is 0 Å². The molecule has 1 heterocycles. The fourth-order valence-corrected chi connectivity index (χ4v) is 2.86. The van der Waals surface area contributed by atoms with E-state index in [2.05, 4.69) is 23.5 Å². The highest BCUT2D eigenvalue weighted by atomic mass is 16.5. The van der Waals surface area contributed by atoms with E-state index in [4.69, 9.17) is 9.47 Å². The lowest BCUT2D eigenvalue weighted by molar-refractivity contribution is 0.116. The van der Waals surface area contributed by atoms with E-state index < -0.39 is 0 Å². The first kappa shape index (κ1) is 12.8. The molecule has 1 N–H and O–H groups in total. The molecule has 0 bridgehead atoms. The molecule has 0 radical (unpaired) electrons. The maximum absolute atomic E-state index is 6.06. The van der Waals surface area contributed by atoms with Crippen molar-refractivity contribution in [2.75, 3.05) is 20.2 Å². The summed E-state index contributed by atoms with van der Waals surface area (Å²) < 4.78 is 11.5. The van der Waals surface area contributed by atoms with Gasteiger partial charge >= 0.3 is 0 Å². The summed E-state index contributed by atoms with van der Waals surface area (Å²) in [4.78, 5) is 0. The van der Waals surface area contributed by atoms with Gasteiger partial charge in [-0.2, -0.15) is 0 Å². The van der Waals surface area contributed by atoms with Crippen LogP contribution in [0.2, 0.25) is 0 Å². The number of methoxy groups -OCH3 is 1. The molecule has 0 atom stereocenters. The van der Waals surface area contributed by atoms with Crippen molar-refractivity contribution in [3.8, 4) is 11.5 Å². The smallest absolute Gasteiger partial charge is 0.161 e. The molecule has 1 aromatic carbocycles. The fourth-order valence-electron chi connectivity index (χ4n) is 2.86. The molecule has 1 aliphatic heterocycles. The van der Waals surface area contributed by atoms with Gasteiger partial charge in [-0.05, 0) is 68.8 Å². The van der Waals surface area contributed by atoms with Crippen molar-refractivity contribution in [2.24, 2.45) is 0 Å². The average Bonchev–Trinajstić information content (AvgIpc) is 2.43. The maximum Gasteiger partial charge on any atom is 0.161 e.